The van der Waals surface area contributed by atoms with Crippen LogP contribution in [0.3, 0.4) is 0 Å². The highest BCUT2D eigenvalue weighted by Crippen LogP contribution is 2.40. The molecule has 1 aromatic carbocycles. The van der Waals surface area contributed by atoms with E-state index in [4.69, 9.17) is 0 Å². The van der Waals surface area contributed by atoms with Gasteiger partial charge >= 0.3 is 5.97 Å². The van der Waals surface area contributed by atoms with Gasteiger partial charge in [0.25, 0.3) is 0 Å². The number of fused-ring (bicyclic) bond motifs is 3. The van der Waals surface area contributed by atoms with Crippen LogP contribution in [0.5, 0.6) is 0 Å². The molecule has 3 heterocycles. The second-order valence-corrected chi connectivity index (χ2v) is 8.15. The maximum Gasteiger partial charge on any atom is 0.341 e. The van der Waals surface area contributed by atoms with Gasteiger partial charge in [-0.05, 0) is 55.4 Å². The largest absolute Gasteiger partial charge is 0.477 e. The van der Waals surface area contributed by atoms with Crippen LogP contribution >= 0.6 is 0 Å². The lowest BCUT2D eigenvalue weighted by Crippen LogP contribution is -2.28. The summed E-state index contributed by atoms with van der Waals surface area (Å²) >= 11 is 0. The summed E-state index contributed by atoms with van der Waals surface area (Å²) < 4.78 is 2.01. The number of anilines is 1. The molecule has 0 amide bonds. The highest BCUT2D eigenvalue weighted by Gasteiger charge is 2.29. The molecule has 2 aromatic rings. The number of aromatic nitrogens is 1. The van der Waals surface area contributed by atoms with Gasteiger partial charge in [0.15, 0.2) is 5.43 Å². The van der Waals surface area contributed by atoms with Crippen molar-refractivity contribution in [3.05, 3.63) is 51.3 Å². The predicted octanol–water partition coefficient (Wildman–Crippen LogP) is 3.88. The number of carboxylic acid groups (broad SMARTS) is 1. The van der Waals surface area contributed by atoms with Gasteiger partial charge in [-0.15, -0.1) is 0 Å². The number of rotatable bonds is 3. The van der Waals surface area contributed by atoms with Crippen LogP contribution in [0, 0.1) is 12.8 Å². The third kappa shape index (κ3) is 2.95. The standard InChI is InChI=1S/C22H26N2O3/c1-13(2)18-9-15-10-19(23-6-4-5-7-23)14(3)8-16(15)20-11-21(25)17(22(26)27)12-24(18)20/h8,10-13,18H,4-7,9H2,1-3H3,(H,26,27). The van der Waals surface area contributed by atoms with Crippen molar-refractivity contribution in [2.45, 2.75) is 46.1 Å². The van der Waals surface area contributed by atoms with Crippen LogP contribution in [0.2, 0.25) is 0 Å². The molecule has 2 aliphatic heterocycles. The van der Waals surface area contributed by atoms with Gasteiger partial charge in [0, 0.05) is 42.6 Å². The topological polar surface area (TPSA) is 62.5 Å². The lowest BCUT2D eigenvalue weighted by Gasteiger charge is -2.34. The molecule has 0 saturated carbocycles. The molecule has 1 aromatic heterocycles. The zero-order valence-corrected chi connectivity index (χ0v) is 16.2. The Labute approximate surface area is 159 Å². The van der Waals surface area contributed by atoms with Gasteiger partial charge in [-0.2, -0.15) is 0 Å². The van der Waals surface area contributed by atoms with E-state index in [-0.39, 0.29) is 11.6 Å². The highest BCUT2D eigenvalue weighted by molar-refractivity contribution is 5.88. The molecule has 1 fully saturated rings. The Morgan fingerprint density at radius 1 is 1.19 bits per heavy atom. The molecule has 1 N–H and O–H groups in total. The molecule has 0 spiro atoms. The van der Waals surface area contributed by atoms with Crippen LogP contribution < -0.4 is 10.3 Å². The molecule has 1 unspecified atom stereocenters. The number of hydrogen-bond donors (Lipinski definition) is 1. The number of carbonyl (C=O) groups is 1. The Balaban J connectivity index is 1.91. The molecular weight excluding hydrogens is 340 g/mol. The number of carboxylic acids is 1. The number of aromatic carboxylic acids is 1. The van der Waals surface area contributed by atoms with Gasteiger partial charge in [0.1, 0.15) is 5.56 Å². The number of benzene rings is 1. The fraction of sp³-hybridized carbons (Fsp3) is 0.455. The van der Waals surface area contributed by atoms with Crippen LogP contribution in [0.1, 0.15) is 54.2 Å². The first-order valence-electron chi connectivity index (χ1n) is 9.75. The Morgan fingerprint density at radius 3 is 2.52 bits per heavy atom. The number of hydrogen-bond acceptors (Lipinski definition) is 3. The molecule has 0 bridgehead atoms. The molecule has 5 heteroatoms. The van der Waals surface area contributed by atoms with Crippen LogP contribution in [0.4, 0.5) is 5.69 Å². The Morgan fingerprint density at radius 2 is 1.89 bits per heavy atom. The Hall–Kier alpha value is -2.56. The molecular formula is C22H26N2O3. The monoisotopic (exact) mass is 366 g/mol. The first kappa shape index (κ1) is 17.8. The summed E-state index contributed by atoms with van der Waals surface area (Å²) in [6.07, 6.45) is 4.86. The predicted molar refractivity (Wildman–Crippen MR) is 107 cm³/mol. The first-order valence-corrected chi connectivity index (χ1v) is 9.75. The average Bonchev–Trinajstić information content (AvgIpc) is 3.14. The van der Waals surface area contributed by atoms with Gasteiger partial charge < -0.3 is 14.6 Å². The molecule has 4 rings (SSSR count). The van der Waals surface area contributed by atoms with Crippen molar-refractivity contribution in [2.75, 3.05) is 18.0 Å². The van der Waals surface area contributed by atoms with E-state index in [2.05, 4.69) is 37.8 Å². The zero-order valence-electron chi connectivity index (χ0n) is 16.2. The number of aryl methyl sites for hydroxylation is 1. The van der Waals surface area contributed by atoms with E-state index in [1.807, 2.05) is 4.57 Å². The fourth-order valence-electron chi connectivity index (χ4n) is 4.53. The summed E-state index contributed by atoms with van der Waals surface area (Å²) in [6.45, 7) is 8.62. The second-order valence-electron chi connectivity index (χ2n) is 8.15. The van der Waals surface area contributed by atoms with E-state index in [9.17, 15) is 14.7 Å². The summed E-state index contributed by atoms with van der Waals surface area (Å²) in [7, 11) is 0. The summed E-state index contributed by atoms with van der Waals surface area (Å²) in [5.74, 6) is -0.832. The van der Waals surface area contributed by atoms with Crippen molar-refractivity contribution >= 4 is 11.7 Å². The molecule has 0 aliphatic carbocycles. The van der Waals surface area contributed by atoms with Crippen molar-refractivity contribution in [1.29, 1.82) is 0 Å². The smallest absolute Gasteiger partial charge is 0.341 e. The van der Waals surface area contributed by atoms with Crippen molar-refractivity contribution in [2.24, 2.45) is 5.92 Å². The zero-order chi connectivity index (χ0) is 19.3. The summed E-state index contributed by atoms with van der Waals surface area (Å²) in [5.41, 5.74) is 5.07. The minimum atomic E-state index is -1.16. The third-order valence-corrected chi connectivity index (χ3v) is 6.01. The molecule has 1 atom stereocenters. The maximum absolute atomic E-state index is 12.4. The molecule has 2 aliphatic rings. The van der Waals surface area contributed by atoms with E-state index >= 15 is 0 Å². The molecule has 0 radical (unpaired) electrons. The van der Waals surface area contributed by atoms with E-state index in [1.54, 1.807) is 0 Å². The SMILES string of the molecule is Cc1cc2c(cc1N1CCCC1)CC(C(C)C)n1cc(C(=O)O)c(=O)cc1-2. The normalized spacial score (nSPS) is 18.5. The van der Waals surface area contributed by atoms with E-state index in [0.29, 0.717) is 5.92 Å². The van der Waals surface area contributed by atoms with Crippen LogP contribution in [0.25, 0.3) is 11.3 Å². The molecule has 142 valence electrons. The van der Waals surface area contributed by atoms with Crippen LogP contribution in [-0.2, 0) is 6.42 Å². The van der Waals surface area contributed by atoms with Gasteiger partial charge in [0.05, 0.1) is 5.69 Å². The van der Waals surface area contributed by atoms with E-state index < -0.39 is 11.4 Å². The Kier molecular flexibility index (Phi) is 4.33. The van der Waals surface area contributed by atoms with Crippen LogP contribution in [0.15, 0.2) is 29.2 Å². The lowest BCUT2D eigenvalue weighted by atomic mass is 9.86. The average molecular weight is 366 g/mol. The highest BCUT2D eigenvalue weighted by atomic mass is 16.4. The number of pyridine rings is 1. The third-order valence-electron chi connectivity index (χ3n) is 6.01. The first-order chi connectivity index (χ1) is 12.9. The molecule has 5 nitrogen and oxygen atoms in total. The Bertz CT molecular complexity index is 968. The lowest BCUT2D eigenvalue weighted by molar-refractivity contribution is 0.0694. The van der Waals surface area contributed by atoms with Crippen molar-refractivity contribution < 1.29 is 9.90 Å². The van der Waals surface area contributed by atoms with Gasteiger partial charge in [-0.25, -0.2) is 4.79 Å². The van der Waals surface area contributed by atoms with E-state index in [0.717, 1.165) is 30.8 Å². The quantitative estimate of drug-likeness (QED) is 0.896. The summed E-state index contributed by atoms with van der Waals surface area (Å²) in [4.78, 5) is 26.3. The van der Waals surface area contributed by atoms with Crippen LogP contribution in [-0.4, -0.2) is 28.7 Å². The van der Waals surface area contributed by atoms with Gasteiger partial charge in [-0.3, -0.25) is 4.79 Å². The maximum atomic E-state index is 12.4. The summed E-state index contributed by atoms with van der Waals surface area (Å²) in [6, 6.07) is 6.11. The fourth-order valence-corrected chi connectivity index (χ4v) is 4.53. The minimum absolute atomic E-state index is 0.139. The van der Waals surface area contributed by atoms with Crippen molar-refractivity contribution in [1.82, 2.24) is 4.57 Å². The molecule has 27 heavy (non-hydrogen) atoms. The second kappa shape index (κ2) is 6.55. The van der Waals surface area contributed by atoms with E-state index in [1.165, 1.54) is 41.9 Å². The van der Waals surface area contributed by atoms with Crippen molar-refractivity contribution in [3.63, 3.8) is 0 Å². The van der Waals surface area contributed by atoms with Crippen molar-refractivity contribution in [3.8, 4) is 11.3 Å². The summed E-state index contributed by atoms with van der Waals surface area (Å²) in [5, 5.41) is 9.37. The van der Waals surface area contributed by atoms with Gasteiger partial charge in [0.2, 0.25) is 0 Å². The molecule has 1 saturated heterocycles. The van der Waals surface area contributed by atoms with Gasteiger partial charge in [-0.1, -0.05) is 13.8 Å². The minimum Gasteiger partial charge on any atom is -0.477 e. The number of nitrogens with zero attached hydrogens (tertiary/aromatic N) is 2.